The highest BCUT2D eigenvalue weighted by molar-refractivity contribution is 5.85. The summed E-state index contributed by atoms with van der Waals surface area (Å²) in [6.45, 7) is 7.86. The predicted molar refractivity (Wildman–Crippen MR) is 87.5 cm³/mol. The lowest BCUT2D eigenvalue weighted by Gasteiger charge is -2.35. The van der Waals surface area contributed by atoms with Gasteiger partial charge < -0.3 is 5.32 Å². The molecule has 0 bridgehead atoms. The molecule has 1 N–H and O–H groups in total. The number of rotatable bonds is 5. The first-order chi connectivity index (χ1) is 8.81. The summed E-state index contributed by atoms with van der Waals surface area (Å²) in [4.78, 5) is 2.44. The van der Waals surface area contributed by atoms with E-state index in [1.807, 2.05) is 12.1 Å². The topological polar surface area (TPSA) is 15.3 Å². The molecule has 0 spiro atoms. The minimum Gasteiger partial charge on any atom is -0.314 e. The van der Waals surface area contributed by atoms with Gasteiger partial charge >= 0.3 is 0 Å². The molecule has 1 saturated heterocycles. The Morgan fingerprint density at radius 1 is 1.30 bits per heavy atom. The van der Waals surface area contributed by atoms with Gasteiger partial charge in [-0.1, -0.05) is 18.2 Å². The largest absolute Gasteiger partial charge is 0.314 e. The maximum atomic E-state index is 13.4. The van der Waals surface area contributed by atoms with Gasteiger partial charge in [-0.2, -0.15) is 0 Å². The van der Waals surface area contributed by atoms with Gasteiger partial charge in [0.2, 0.25) is 0 Å². The molecule has 2 nitrogen and oxygen atoms in total. The van der Waals surface area contributed by atoms with Crippen LogP contribution in [0.4, 0.5) is 4.39 Å². The van der Waals surface area contributed by atoms with E-state index >= 15 is 0 Å². The molecule has 114 valence electrons. The molecular formula is C15H23Cl2FN2. The van der Waals surface area contributed by atoms with Crippen molar-refractivity contribution in [3.63, 3.8) is 0 Å². The Balaban J connectivity index is 0.00000180. The van der Waals surface area contributed by atoms with Crippen molar-refractivity contribution < 1.29 is 4.39 Å². The second-order valence-corrected chi connectivity index (χ2v) is 4.72. The number of halogens is 3. The Labute approximate surface area is 133 Å². The van der Waals surface area contributed by atoms with E-state index in [0.29, 0.717) is 6.04 Å². The molecule has 1 heterocycles. The second kappa shape index (κ2) is 10.2. The first kappa shape index (κ1) is 19.4. The summed E-state index contributed by atoms with van der Waals surface area (Å²) in [6.07, 6.45) is 3.91. The highest BCUT2D eigenvalue weighted by Crippen LogP contribution is 2.26. The lowest BCUT2D eigenvalue weighted by molar-refractivity contribution is 0.166. The van der Waals surface area contributed by atoms with E-state index in [-0.39, 0.29) is 30.6 Å². The Hall–Kier alpha value is -0.610. The van der Waals surface area contributed by atoms with Gasteiger partial charge in [0.25, 0.3) is 0 Å². The van der Waals surface area contributed by atoms with E-state index in [1.165, 1.54) is 6.07 Å². The van der Waals surface area contributed by atoms with Crippen molar-refractivity contribution in [3.05, 3.63) is 48.3 Å². The molecular weight excluding hydrogens is 298 g/mol. The third-order valence-electron chi connectivity index (χ3n) is 3.47. The van der Waals surface area contributed by atoms with E-state index < -0.39 is 0 Å². The number of nitrogens with one attached hydrogen (secondary N) is 1. The van der Waals surface area contributed by atoms with Crippen LogP contribution in [0.1, 0.15) is 24.4 Å². The minimum atomic E-state index is -0.147. The molecule has 0 saturated carbocycles. The fraction of sp³-hybridized carbons (Fsp3) is 0.467. The van der Waals surface area contributed by atoms with E-state index in [4.69, 9.17) is 0 Å². The number of nitrogens with zero attached hydrogens (tertiary/aromatic N) is 1. The molecule has 5 heteroatoms. The minimum absolute atomic E-state index is 0. The van der Waals surface area contributed by atoms with Gasteiger partial charge in [0.15, 0.2) is 0 Å². The third-order valence-corrected chi connectivity index (χ3v) is 3.47. The quantitative estimate of drug-likeness (QED) is 0.834. The van der Waals surface area contributed by atoms with Crippen LogP contribution in [0.5, 0.6) is 0 Å². The maximum absolute atomic E-state index is 13.4. The molecule has 0 aromatic heterocycles. The molecule has 20 heavy (non-hydrogen) atoms. The standard InChI is InChI=1S/C15H21FN2.2ClH/c1-2-3-7-15(18-10-8-17-9-11-18)13-5-4-6-14(16)12-13;;/h2,4-6,12,15,17H,1,3,7-11H2;2*1H/t15-;;/m1../s1. The Bertz CT molecular complexity index is 395. The first-order valence-corrected chi connectivity index (χ1v) is 6.62. The fourth-order valence-electron chi connectivity index (χ4n) is 2.54. The van der Waals surface area contributed by atoms with Crippen molar-refractivity contribution in [2.24, 2.45) is 0 Å². The Morgan fingerprint density at radius 2 is 2.00 bits per heavy atom. The SMILES string of the molecule is C=CCC[C@H](c1cccc(F)c1)N1CCNCC1.Cl.Cl. The molecule has 0 unspecified atom stereocenters. The molecule has 0 aliphatic carbocycles. The number of benzene rings is 1. The molecule has 1 atom stereocenters. The van der Waals surface area contributed by atoms with E-state index in [2.05, 4.69) is 16.8 Å². The Kier molecular flexibility index (Phi) is 9.86. The van der Waals surface area contributed by atoms with Crippen LogP contribution in [-0.4, -0.2) is 31.1 Å². The zero-order valence-corrected chi connectivity index (χ0v) is 13.2. The fourth-order valence-corrected chi connectivity index (χ4v) is 2.54. The zero-order valence-electron chi connectivity index (χ0n) is 11.6. The normalized spacial score (nSPS) is 16.6. The molecule has 0 radical (unpaired) electrons. The van der Waals surface area contributed by atoms with Crippen LogP contribution in [0.3, 0.4) is 0 Å². The van der Waals surface area contributed by atoms with Crippen molar-refractivity contribution in [1.29, 1.82) is 0 Å². The van der Waals surface area contributed by atoms with E-state index in [1.54, 1.807) is 12.1 Å². The van der Waals surface area contributed by atoms with Gasteiger partial charge in [0.05, 0.1) is 0 Å². The molecule has 0 amide bonds. The molecule has 1 aliphatic heterocycles. The van der Waals surface area contributed by atoms with Crippen LogP contribution in [-0.2, 0) is 0 Å². The van der Waals surface area contributed by atoms with Crippen molar-refractivity contribution >= 4 is 24.8 Å². The number of allylic oxidation sites excluding steroid dienone is 1. The van der Waals surface area contributed by atoms with Crippen LogP contribution in [0.25, 0.3) is 0 Å². The van der Waals surface area contributed by atoms with Crippen LogP contribution >= 0.6 is 24.8 Å². The number of hydrogen-bond acceptors (Lipinski definition) is 2. The summed E-state index contributed by atoms with van der Waals surface area (Å²) in [5.41, 5.74) is 1.08. The van der Waals surface area contributed by atoms with E-state index in [0.717, 1.165) is 44.6 Å². The van der Waals surface area contributed by atoms with Gasteiger partial charge in [0.1, 0.15) is 5.82 Å². The van der Waals surface area contributed by atoms with Crippen molar-refractivity contribution in [3.8, 4) is 0 Å². The molecule has 1 aliphatic rings. The highest BCUT2D eigenvalue weighted by Gasteiger charge is 2.21. The van der Waals surface area contributed by atoms with Gasteiger partial charge in [0, 0.05) is 32.2 Å². The predicted octanol–water partition coefficient (Wildman–Crippen LogP) is 3.58. The average Bonchev–Trinajstić information content (AvgIpc) is 2.40. The summed E-state index contributed by atoms with van der Waals surface area (Å²) in [6, 6.07) is 7.30. The maximum Gasteiger partial charge on any atom is 0.123 e. The number of hydrogen-bond donors (Lipinski definition) is 1. The first-order valence-electron chi connectivity index (χ1n) is 6.62. The summed E-state index contributed by atoms with van der Waals surface area (Å²) in [7, 11) is 0. The number of piperazine rings is 1. The van der Waals surface area contributed by atoms with Crippen LogP contribution in [0.2, 0.25) is 0 Å². The molecule has 1 aromatic rings. The van der Waals surface area contributed by atoms with Gasteiger partial charge in [-0.25, -0.2) is 4.39 Å². The second-order valence-electron chi connectivity index (χ2n) is 4.72. The monoisotopic (exact) mass is 320 g/mol. The third kappa shape index (κ3) is 5.41. The highest BCUT2D eigenvalue weighted by atomic mass is 35.5. The van der Waals surface area contributed by atoms with Crippen molar-refractivity contribution in [1.82, 2.24) is 10.2 Å². The average molecular weight is 321 g/mol. The van der Waals surface area contributed by atoms with Gasteiger partial charge in [-0.3, -0.25) is 4.90 Å². The lowest BCUT2D eigenvalue weighted by atomic mass is 9.99. The van der Waals surface area contributed by atoms with Crippen LogP contribution in [0.15, 0.2) is 36.9 Å². The summed E-state index contributed by atoms with van der Waals surface area (Å²) < 4.78 is 13.4. The van der Waals surface area contributed by atoms with Gasteiger partial charge in [-0.15, -0.1) is 31.4 Å². The van der Waals surface area contributed by atoms with Crippen LogP contribution in [0, 0.1) is 5.82 Å². The molecule has 1 aromatic carbocycles. The zero-order chi connectivity index (χ0) is 12.8. The Morgan fingerprint density at radius 3 is 2.60 bits per heavy atom. The summed E-state index contributed by atoms with van der Waals surface area (Å²) in [5.74, 6) is -0.147. The smallest absolute Gasteiger partial charge is 0.123 e. The van der Waals surface area contributed by atoms with Crippen molar-refractivity contribution in [2.75, 3.05) is 26.2 Å². The lowest BCUT2D eigenvalue weighted by Crippen LogP contribution is -2.45. The summed E-state index contributed by atoms with van der Waals surface area (Å²) in [5, 5.41) is 3.35. The van der Waals surface area contributed by atoms with E-state index in [9.17, 15) is 4.39 Å². The molecule has 1 fully saturated rings. The van der Waals surface area contributed by atoms with Crippen LogP contribution < -0.4 is 5.32 Å². The molecule has 2 rings (SSSR count). The summed E-state index contributed by atoms with van der Waals surface area (Å²) >= 11 is 0. The van der Waals surface area contributed by atoms with Gasteiger partial charge in [-0.05, 0) is 30.5 Å². The van der Waals surface area contributed by atoms with Crippen molar-refractivity contribution in [2.45, 2.75) is 18.9 Å².